The number of carbonyl (C=O) groups is 1. The van der Waals surface area contributed by atoms with Crippen LogP contribution >= 0.6 is 33.2 Å². The summed E-state index contributed by atoms with van der Waals surface area (Å²) in [5, 5.41) is 0. The Morgan fingerprint density at radius 2 is 1.88 bits per heavy atom. The molecule has 0 aromatic heterocycles. The first-order chi connectivity index (χ1) is 6.37. The molecule has 0 spiro atoms. The maximum atomic E-state index is 11.4. The Kier molecular flexibility index (Phi) is 14.5. The SMILES string of the molecule is C[N+](C)(C)CC(=O)P(O)OCCCN.Cl.Cl. The van der Waals surface area contributed by atoms with Crippen LogP contribution in [0, 0.1) is 0 Å². The maximum Gasteiger partial charge on any atom is 0.263 e. The Labute approximate surface area is 111 Å². The fourth-order valence-corrected chi connectivity index (χ4v) is 1.76. The fraction of sp³-hybridized carbons (Fsp3) is 0.875. The molecular weight excluding hydrogens is 274 g/mol. The van der Waals surface area contributed by atoms with Gasteiger partial charge in [-0.3, -0.25) is 4.79 Å². The first-order valence-electron chi connectivity index (χ1n) is 4.52. The largest absolute Gasteiger partial charge is 0.344 e. The molecule has 0 aromatic carbocycles. The van der Waals surface area contributed by atoms with Gasteiger partial charge in [-0.2, -0.15) is 0 Å². The lowest BCUT2D eigenvalue weighted by molar-refractivity contribution is -0.861. The predicted octanol–water partition coefficient (Wildman–Crippen LogP) is 0.732. The molecule has 0 aliphatic carbocycles. The molecule has 0 fully saturated rings. The Balaban J connectivity index is -0.000000845. The van der Waals surface area contributed by atoms with E-state index >= 15 is 0 Å². The van der Waals surface area contributed by atoms with Gasteiger partial charge in [-0.15, -0.1) is 24.8 Å². The Hall–Kier alpha value is 0.520. The number of likely N-dealkylation sites (N-methyl/N-ethyl adjacent to an activating group) is 1. The first kappa shape index (κ1) is 21.8. The third kappa shape index (κ3) is 12.6. The minimum absolute atomic E-state index is 0. The second-order valence-corrected chi connectivity index (χ2v) is 5.39. The molecule has 0 heterocycles. The average molecular weight is 296 g/mol. The van der Waals surface area contributed by atoms with Crippen LogP contribution < -0.4 is 5.73 Å². The van der Waals surface area contributed by atoms with Crippen molar-refractivity contribution in [3.8, 4) is 0 Å². The zero-order valence-corrected chi connectivity index (χ0v) is 12.4. The van der Waals surface area contributed by atoms with E-state index < -0.39 is 8.38 Å². The van der Waals surface area contributed by atoms with Crippen molar-refractivity contribution in [1.29, 1.82) is 0 Å². The molecule has 0 saturated carbocycles. The van der Waals surface area contributed by atoms with E-state index in [0.29, 0.717) is 24.1 Å². The number of hydrogen-bond donors (Lipinski definition) is 2. The zero-order valence-electron chi connectivity index (χ0n) is 9.88. The first-order valence-corrected chi connectivity index (χ1v) is 5.73. The number of quaternary nitrogens is 1. The summed E-state index contributed by atoms with van der Waals surface area (Å²) in [6.07, 6.45) is 0.664. The molecule has 8 heteroatoms. The Bertz CT molecular complexity index is 191. The molecule has 0 aliphatic heterocycles. The van der Waals surface area contributed by atoms with Gasteiger partial charge in [-0.1, -0.05) is 0 Å². The molecule has 0 radical (unpaired) electrons. The van der Waals surface area contributed by atoms with Gasteiger partial charge in [0.15, 0.2) is 0 Å². The second-order valence-electron chi connectivity index (χ2n) is 4.09. The van der Waals surface area contributed by atoms with Gasteiger partial charge in [0.2, 0.25) is 8.38 Å². The number of carbonyl (C=O) groups excluding carboxylic acids is 1. The molecule has 0 rings (SSSR count). The Morgan fingerprint density at radius 3 is 2.25 bits per heavy atom. The van der Waals surface area contributed by atoms with Gasteiger partial charge in [0.1, 0.15) is 6.54 Å². The van der Waals surface area contributed by atoms with Gasteiger partial charge >= 0.3 is 0 Å². The van der Waals surface area contributed by atoms with E-state index in [4.69, 9.17) is 10.3 Å². The maximum absolute atomic E-state index is 11.4. The molecular formula is C8H22Cl2N2O3P+. The highest BCUT2D eigenvalue weighted by Gasteiger charge is 2.23. The molecule has 1 unspecified atom stereocenters. The predicted molar refractivity (Wildman–Crippen MR) is 71.2 cm³/mol. The number of hydrogen-bond acceptors (Lipinski definition) is 4. The summed E-state index contributed by atoms with van der Waals surface area (Å²) in [5.74, 6) is 0. The van der Waals surface area contributed by atoms with E-state index in [2.05, 4.69) is 0 Å². The van der Waals surface area contributed by atoms with Gasteiger partial charge < -0.3 is 19.6 Å². The van der Waals surface area contributed by atoms with Gasteiger partial charge in [0.05, 0.1) is 27.7 Å². The van der Waals surface area contributed by atoms with Gasteiger partial charge in [-0.25, -0.2) is 0 Å². The summed E-state index contributed by atoms with van der Waals surface area (Å²) in [7, 11) is 3.74. The molecule has 0 aliphatic rings. The third-order valence-electron chi connectivity index (χ3n) is 1.38. The lowest BCUT2D eigenvalue weighted by atomic mass is 10.5. The van der Waals surface area contributed by atoms with Gasteiger partial charge in [0.25, 0.3) is 5.52 Å². The van der Waals surface area contributed by atoms with Crippen LogP contribution in [-0.2, 0) is 9.32 Å². The quantitative estimate of drug-likeness (QED) is 0.413. The lowest BCUT2D eigenvalue weighted by Gasteiger charge is -2.23. The average Bonchev–Trinajstić information content (AvgIpc) is 2.01. The number of nitrogens with two attached hydrogens (primary N) is 1. The molecule has 0 aromatic rings. The highest BCUT2D eigenvalue weighted by atomic mass is 35.5. The highest BCUT2D eigenvalue weighted by molar-refractivity contribution is 7.65. The molecule has 0 amide bonds. The highest BCUT2D eigenvalue weighted by Crippen LogP contribution is 2.32. The summed E-state index contributed by atoms with van der Waals surface area (Å²) in [5.41, 5.74) is 5.02. The number of nitrogens with zero attached hydrogens (tertiary/aromatic N) is 1. The second kappa shape index (κ2) is 10.7. The molecule has 0 bridgehead atoms. The van der Waals surface area contributed by atoms with Crippen LogP contribution in [0.2, 0.25) is 0 Å². The van der Waals surface area contributed by atoms with Crippen molar-refractivity contribution in [2.24, 2.45) is 5.73 Å². The van der Waals surface area contributed by atoms with E-state index in [1.165, 1.54) is 0 Å². The number of rotatable bonds is 7. The normalized spacial score (nSPS) is 12.3. The summed E-state index contributed by atoms with van der Waals surface area (Å²) >= 11 is 0. The van der Waals surface area contributed by atoms with Crippen molar-refractivity contribution in [3.05, 3.63) is 0 Å². The molecule has 1 atom stereocenters. The van der Waals surface area contributed by atoms with Crippen LogP contribution in [0.1, 0.15) is 6.42 Å². The van der Waals surface area contributed by atoms with E-state index in [1.807, 2.05) is 21.1 Å². The monoisotopic (exact) mass is 295 g/mol. The standard InChI is InChI=1S/C8H20N2O3P.2ClH/c1-10(2,3)7-8(11)14(12)13-6-4-5-9;;/h12H,4-7,9H2,1-3H3;2*1H/q+1;;. The molecule has 3 N–H and O–H groups in total. The molecule has 0 saturated heterocycles. The van der Waals surface area contributed by atoms with Crippen molar-refractivity contribution < 1.29 is 18.7 Å². The Morgan fingerprint density at radius 1 is 1.38 bits per heavy atom. The molecule has 16 heavy (non-hydrogen) atoms. The minimum Gasteiger partial charge on any atom is -0.344 e. The summed E-state index contributed by atoms with van der Waals surface area (Å²) in [6, 6.07) is 0. The summed E-state index contributed by atoms with van der Waals surface area (Å²) in [6.45, 7) is 1.14. The van der Waals surface area contributed by atoms with Crippen molar-refractivity contribution >= 4 is 38.7 Å². The molecule has 5 nitrogen and oxygen atoms in total. The van der Waals surface area contributed by atoms with Crippen LogP contribution in [0.15, 0.2) is 0 Å². The van der Waals surface area contributed by atoms with E-state index in [-0.39, 0.29) is 36.9 Å². The third-order valence-corrected chi connectivity index (χ3v) is 2.38. The topological polar surface area (TPSA) is 72.5 Å². The molecule has 100 valence electrons. The zero-order chi connectivity index (χ0) is 11.2. The smallest absolute Gasteiger partial charge is 0.263 e. The van der Waals surface area contributed by atoms with E-state index in [9.17, 15) is 9.69 Å². The summed E-state index contributed by atoms with van der Waals surface area (Å²) < 4.78 is 5.47. The van der Waals surface area contributed by atoms with Crippen LogP contribution in [-0.4, -0.2) is 55.7 Å². The van der Waals surface area contributed by atoms with Gasteiger partial charge in [-0.05, 0) is 13.0 Å². The van der Waals surface area contributed by atoms with E-state index in [0.717, 1.165) is 0 Å². The lowest BCUT2D eigenvalue weighted by Crippen LogP contribution is -2.39. The minimum atomic E-state index is -1.93. The van der Waals surface area contributed by atoms with E-state index in [1.54, 1.807) is 0 Å². The van der Waals surface area contributed by atoms with Crippen molar-refractivity contribution in [1.82, 2.24) is 0 Å². The van der Waals surface area contributed by atoms with Crippen molar-refractivity contribution in [3.63, 3.8) is 0 Å². The van der Waals surface area contributed by atoms with Crippen molar-refractivity contribution in [2.45, 2.75) is 6.42 Å². The van der Waals surface area contributed by atoms with Crippen molar-refractivity contribution in [2.75, 3.05) is 40.8 Å². The van der Waals surface area contributed by atoms with Crippen LogP contribution in [0.3, 0.4) is 0 Å². The fourth-order valence-electron chi connectivity index (χ4n) is 0.773. The number of halogens is 2. The van der Waals surface area contributed by atoms with Crippen LogP contribution in [0.5, 0.6) is 0 Å². The van der Waals surface area contributed by atoms with Crippen LogP contribution in [0.4, 0.5) is 0 Å². The van der Waals surface area contributed by atoms with Gasteiger partial charge in [0, 0.05) is 0 Å². The summed E-state index contributed by atoms with van der Waals surface area (Å²) in [4.78, 5) is 20.7. The van der Waals surface area contributed by atoms with Crippen LogP contribution in [0.25, 0.3) is 0 Å².